The summed E-state index contributed by atoms with van der Waals surface area (Å²) < 4.78 is 0. The molecule has 2 aromatic rings. The predicted octanol–water partition coefficient (Wildman–Crippen LogP) is 5.05. The lowest BCUT2D eigenvalue weighted by Gasteiger charge is -2.25. The Bertz CT molecular complexity index is 656. The molecule has 0 amide bonds. The quantitative estimate of drug-likeness (QED) is 0.730. The SMILES string of the molecule is Cc1sc(-c2ccc(Cl)cc2)cc1C(=O)CN1CCCCC1. The van der Waals surface area contributed by atoms with Crippen LogP contribution in [0.4, 0.5) is 0 Å². The van der Waals surface area contributed by atoms with Gasteiger partial charge < -0.3 is 0 Å². The van der Waals surface area contributed by atoms with Crippen LogP contribution >= 0.6 is 22.9 Å². The van der Waals surface area contributed by atoms with Gasteiger partial charge in [0.05, 0.1) is 6.54 Å². The average molecular weight is 334 g/mol. The summed E-state index contributed by atoms with van der Waals surface area (Å²) in [5.74, 6) is 0.246. The molecule has 0 N–H and O–H groups in total. The fourth-order valence-electron chi connectivity index (χ4n) is 2.92. The molecule has 1 aromatic carbocycles. The Kier molecular flexibility index (Phi) is 4.97. The zero-order valence-corrected chi connectivity index (χ0v) is 14.3. The molecule has 0 saturated carbocycles. The molecule has 0 unspecified atom stereocenters. The number of ketones is 1. The van der Waals surface area contributed by atoms with Crippen LogP contribution in [0, 0.1) is 6.92 Å². The van der Waals surface area contributed by atoms with Gasteiger partial charge in [0.25, 0.3) is 0 Å². The Labute approximate surface area is 140 Å². The van der Waals surface area contributed by atoms with Gasteiger partial charge in [0.2, 0.25) is 0 Å². The standard InChI is InChI=1S/C18H20ClNOS/c1-13-16(17(21)12-20-9-3-2-4-10-20)11-18(22-13)14-5-7-15(19)8-6-14/h5-8,11H,2-4,9-10,12H2,1H3. The average Bonchev–Trinajstić information content (AvgIpc) is 2.91. The fourth-order valence-corrected chi connectivity index (χ4v) is 4.09. The van der Waals surface area contributed by atoms with Crippen molar-refractivity contribution >= 4 is 28.7 Å². The van der Waals surface area contributed by atoms with E-state index in [9.17, 15) is 4.79 Å². The molecule has 2 nitrogen and oxygen atoms in total. The number of thiophene rings is 1. The number of Topliss-reactive ketones (excluding diaryl/α,β-unsaturated/α-hetero) is 1. The molecule has 0 radical (unpaired) electrons. The van der Waals surface area contributed by atoms with Crippen LogP contribution in [0.5, 0.6) is 0 Å². The lowest BCUT2D eigenvalue weighted by molar-refractivity contribution is 0.0915. The van der Waals surface area contributed by atoms with Gasteiger partial charge in [0.1, 0.15) is 0 Å². The minimum atomic E-state index is 0.246. The third kappa shape index (κ3) is 3.60. The van der Waals surface area contributed by atoms with Crippen LogP contribution < -0.4 is 0 Å². The van der Waals surface area contributed by atoms with Crippen molar-refractivity contribution in [1.82, 2.24) is 4.90 Å². The van der Waals surface area contributed by atoms with Gasteiger partial charge in [-0.2, -0.15) is 0 Å². The Morgan fingerprint density at radius 2 is 1.86 bits per heavy atom. The number of halogens is 1. The van der Waals surface area contributed by atoms with Crippen LogP contribution in [-0.4, -0.2) is 30.3 Å². The van der Waals surface area contributed by atoms with E-state index in [0.29, 0.717) is 6.54 Å². The van der Waals surface area contributed by atoms with Crippen molar-refractivity contribution in [3.05, 3.63) is 45.8 Å². The monoisotopic (exact) mass is 333 g/mol. The number of hydrogen-bond donors (Lipinski definition) is 0. The summed E-state index contributed by atoms with van der Waals surface area (Å²) in [5.41, 5.74) is 2.00. The Morgan fingerprint density at radius 3 is 2.55 bits per heavy atom. The largest absolute Gasteiger partial charge is 0.296 e. The zero-order valence-electron chi connectivity index (χ0n) is 12.8. The van der Waals surface area contributed by atoms with Crippen LogP contribution in [0.1, 0.15) is 34.5 Å². The second-order valence-electron chi connectivity index (χ2n) is 5.85. The highest BCUT2D eigenvalue weighted by Gasteiger charge is 2.18. The number of likely N-dealkylation sites (tertiary alicyclic amines) is 1. The first-order valence-corrected chi connectivity index (χ1v) is 8.95. The molecule has 4 heteroatoms. The van der Waals surface area contributed by atoms with E-state index in [4.69, 9.17) is 11.6 Å². The highest BCUT2D eigenvalue weighted by atomic mass is 35.5. The van der Waals surface area contributed by atoms with Crippen LogP contribution in [-0.2, 0) is 0 Å². The van der Waals surface area contributed by atoms with Gasteiger partial charge in [-0.3, -0.25) is 9.69 Å². The summed E-state index contributed by atoms with van der Waals surface area (Å²) in [6, 6.07) is 9.83. The van der Waals surface area contributed by atoms with Gasteiger partial charge in [0, 0.05) is 20.3 Å². The summed E-state index contributed by atoms with van der Waals surface area (Å²) in [6.45, 7) is 4.70. The number of carbonyl (C=O) groups excluding carboxylic acids is 1. The summed E-state index contributed by atoms with van der Waals surface area (Å²) in [5, 5.41) is 0.735. The minimum Gasteiger partial charge on any atom is -0.296 e. The Hall–Kier alpha value is -1.16. The molecule has 116 valence electrons. The molecule has 1 aliphatic heterocycles. The highest BCUT2D eigenvalue weighted by molar-refractivity contribution is 7.15. The zero-order chi connectivity index (χ0) is 15.5. The molecule has 1 saturated heterocycles. The Balaban J connectivity index is 1.76. The first kappa shape index (κ1) is 15.7. The van der Waals surface area contributed by atoms with E-state index in [0.717, 1.165) is 39.0 Å². The van der Waals surface area contributed by atoms with E-state index in [1.54, 1.807) is 11.3 Å². The molecule has 3 rings (SSSR count). The second kappa shape index (κ2) is 6.95. The normalized spacial score (nSPS) is 15.9. The first-order chi connectivity index (χ1) is 10.6. The number of benzene rings is 1. The van der Waals surface area contributed by atoms with Crippen molar-refractivity contribution in [1.29, 1.82) is 0 Å². The fraction of sp³-hybridized carbons (Fsp3) is 0.389. The van der Waals surface area contributed by atoms with Gasteiger partial charge in [-0.1, -0.05) is 30.2 Å². The third-order valence-corrected chi connectivity index (χ3v) is 5.51. The molecular weight excluding hydrogens is 314 g/mol. The maximum absolute atomic E-state index is 12.6. The van der Waals surface area contributed by atoms with E-state index in [-0.39, 0.29) is 5.78 Å². The van der Waals surface area contributed by atoms with Gasteiger partial charge in [-0.05, 0) is 56.6 Å². The maximum atomic E-state index is 12.6. The lowest BCUT2D eigenvalue weighted by Crippen LogP contribution is -2.34. The summed E-state index contributed by atoms with van der Waals surface area (Å²) in [7, 11) is 0. The topological polar surface area (TPSA) is 20.3 Å². The molecule has 1 aliphatic rings. The van der Waals surface area contributed by atoms with E-state index in [1.807, 2.05) is 37.3 Å². The maximum Gasteiger partial charge on any atom is 0.177 e. The first-order valence-electron chi connectivity index (χ1n) is 7.75. The Morgan fingerprint density at radius 1 is 1.18 bits per heavy atom. The van der Waals surface area contributed by atoms with Gasteiger partial charge in [-0.25, -0.2) is 0 Å². The molecule has 22 heavy (non-hydrogen) atoms. The van der Waals surface area contributed by atoms with Crippen molar-refractivity contribution in [2.24, 2.45) is 0 Å². The van der Waals surface area contributed by atoms with E-state index < -0.39 is 0 Å². The molecule has 0 spiro atoms. The number of aryl methyl sites for hydroxylation is 1. The molecule has 0 atom stereocenters. The number of carbonyl (C=O) groups is 1. The summed E-state index contributed by atoms with van der Waals surface area (Å²) in [4.78, 5) is 17.1. The third-order valence-electron chi connectivity index (χ3n) is 4.16. The molecular formula is C18H20ClNOS. The predicted molar refractivity (Wildman–Crippen MR) is 94.1 cm³/mol. The van der Waals surface area contributed by atoms with Crippen LogP contribution in [0.25, 0.3) is 10.4 Å². The van der Waals surface area contributed by atoms with E-state index in [1.165, 1.54) is 19.3 Å². The van der Waals surface area contributed by atoms with Crippen LogP contribution in [0.3, 0.4) is 0 Å². The second-order valence-corrected chi connectivity index (χ2v) is 7.54. The van der Waals surface area contributed by atoms with Crippen molar-refractivity contribution < 1.29 is 4.79 Å². The van der Waals surface area contributed by atoms with Gasteiger partial charge in [-0.15, -0.1) is 11.3 Å². The number of rotatable bonds is 4. The van der Waals surface area contributed by atoms with Crippen molar-refractivity contribution in [2.45, 2.75) is 26.2 Å². The van der Waals surface area contributed by atoms with E-state index >= 15 is 0 Å². The van der Waals surface area contributed by atoms with Gasteiger partial charge in [0.15, 0.2) is 5.78 Å². The lowest BCUT2D eigenvalue weighted by atomic mass is 10.1. The van der Waals surface area contributed by atoms with Crippen LogP contribution in [0.15, 0.2) is 30.3 Å². The highest BCUT2D eigenvalue weighted by Crippen LogP contribution is 2.32. The molecule has 1 aromatic heterocycles. The van der Waals surface area contributed by atoms with E-state index in [2.05, 4.69) is 4.90 Å². The number of nitrogens with zero attached hydrogens (tertiary/aromatic N) is 1. The smallest absolute Gasteiger partial charge is 0.177 e. The van der Waals surface area contributed by atoms with Crippen molar-refractivity contribution in [3.63, 3.8) is 0 Å². The van der Waals surface area contributed by atoms with Gasteiger partial charge >= 0.3 is 0 Å². The number of hydrogen-bond acceptors (Lipinski definition) is 3. The molecule has 0 aliphatic carbocycles. The minimum absolute atomic E-state index is 0.246. The van der Waals surface area contributed by atoms with Crippen molar-refractivity contribution in [3.8, 4) is 10.4 Å². The molecule has 1 fully saturated rings. The number of piperidine rings is 1. The van der Waals surface area contributed by atoms with Crippen molar-refractivity contribution in [2.75, 3.05) is 19.6 Å². The summed E-state index contributed by atoms with van der Waals surface area (Å²) in [6.07, 6.45) is 3.72. The molecule has 0 bridgehead atoms. The summed E-state index contributed by atoms with van der Waals surface area (Å²) >= 11 is 7.62. The molecule has 2 heterocycles. The van der Waals surface area contributed by atoms with Crippen LogP contribution in [0.2, 0.25) is 5.02 Å².